The van der Waals surface area contributed by atoms with Gasteiger partial charge in [-0.1, -0.05) is 35.5 Å². The van der Waals surface area contributed by atoms with E-state index in [2.05, 4.69) is 22.4 Å². The van der Waals surface area contributed by atoms with Crippen LogP contribution in [0, 0.1) is 18.7 Å². The highest BCUT2D eigenvalue weighted by atomic mass is 32.1. The lowest BCUT2D eigenvalue weighted by Gasteiger charge is -2.33. The molecule has 1 fully saturated rings. The lowest BCUT2D eigenvalue weighted by molar-refractivity contribution is 0.0552. The number of nitrogens with zero attached hydrogens (tertiary/aromatic N) is 5. The summed E-state index contributed by atoms with van der Waals surface area (Å²) in [6, 6.07) is 12.0. The van der Waals surface area contributed by atoms with Crippen molar-refractivity contribution >= 4 is 38.6 Å². The van der Waals surface area contributed by atoms with E-state index in [1.807, 2.05) is 42.8 Å². The largest absolute Gasteiger partial charge is 0.465 e. The Morgan fingerprint density at radius 1 is 1.24 bits per heavy atom. The van der Waals surface area contributed by atoms with E-state index in [4.69, 9.17) is 14.5 Å². The van der Waals surface area contributed by atoms with Crippen molar-refractivity contribution in [2.24, 2.45) is 13.0 Å². The normalized spacial score (nSPS) is 15.5. The number of carbonyl (C=O) groups excluding carboxylic acids is 1. The number of hydrogen-bond acceptors (Lipinski definition) is 7. The number of aryl methyl sites for hydroxylation is 2. The third-order valence-electron chi connectivity index (χ3n) is 7.18. The number of hydrogen-bond donors (Lipinski definition) is 0. The summed E-state index contributed by atoms with van der Waals surface area (Å²) >= 11 is 1.09. The van der Waals surface area contributed by atoms with Crippen molar-refractivity contribution in [3.05, 3.63) is 64.5 Å². The number of halogens is 1. The second kappa shape index (κ2) is 9.35. The lowest BCUT2D eigenvalue weighted by Crippen LogP contribution is -2.27. The summed E-state index contributed by atoms with van der Waals surface area (Å²) in [6.45, 7) is 3.21. The van der Waals surface area contributed by atoms with Crippen LogP contribution in [0.2, 0.25) is 0 Å². The minimum absolute atomic E-state index is 0.0421. The number of aromatic nitrogens is 5. The highest BCUT2D eigenvalue weighted by Gasteiger charge is 2.34. The number of thiophene rings is 1. The van der Waals surface area contributed by atoms with E-state index in [1.165, 1.54) is 7.11 Å². The summed E-state index contributed by atoms with van der Waals surface area (Å²) in [5.41, 5.74) is 5.38. The number of carbonyl (C=O) groups is 1. The molecule has 5 aromatic rings. The molecule has 1 saturated heterocycles. The molecule has 0 amide bonds. The van der Waals surface area contributed by atoms with Gasteiger partial charge < -0.3 is 14.0 Å². The number of esters is 1. The maximum absolute atomic E-state index is 16.1. The molecule has 0 aliphatic carbocycles. The predicted molar refractivity (Wildman–Crippen MR) is 139 cm³/mol. The van der Waals surface area contributed by atoms with Crippen molar-refractivity contribution in [1.29, 1.82) is 0 Å². The van der Waals surface area contributed by atoms with Gasteiger partial charge in [0, 0.05) is 32.0 Å². The Morgan fingerprint density at radius 2 is 2.00 bits per heavy atom. The third kappa shape index (κ3) is 3.82. The molecule has 1 atom stereocenters. The summed E-state index contributed by atoms with van der Waals surface area (Å²) in [5.74, 6) is -1.05. The van der Waals surface area contributed by atoms with Crippen molar-refractivity contribution in [3.8, 4) is 11.3 Å². The van der Waals surface area contributed by atoms with Gasteiger partial charge in [-0.05, 0) is 37.3 Å². The van der Waals surface area contributed by atoms with Crippen LogP contribution in [-0.2, 0) is 16.5 Å². The van der Waals surface area contributed by atoms with Crippen LogP contribution >= 0.6 is 11.3 Å². The summed E-state index contributed by atoms with van der Waals surface area (Å²) in [7, 11) is 3.11. The topological polar surface area (TPSA) is 84.1 Å². The van der Waals surface area contributed by atoms with E-state index < -0.39 is 11.8 Å². The molecule has 8 nitrogen and oxygen atoms in total. The van der Waals surface area contributed by atoms with Gasteiger partial charge in [0.05, 0.1) is 40.3 Å². The molecule has 0 bridgehead atoms. The van der Waals surface area contributed by atoms with E-state index in [0.717, 1.165) is 52.2 Å². The maximum Gasteiger partial charge on any atom is 0.351 e. The van der Waals surface area contributed by atoms with Crippen molar-refractivity contribution in [2.75, 3.05) is 20.3 Å². The number of methoxy groups -OCH3 is 1. The Morgan fingerprint density at radius 3 is 2.68 bits per heavy atom. The third-order valence-corrected chi connectivity index (χ3v) is 8.32. The van der Waals surface area contributed by atoms with E-state index in [9.17, 15) is 4.79 Å². The average Bonchev–Trinajstić information content (AvgIpc) is 3.55. The van der Waals surface area contributed by atoms with Gasteiger partial charge in [0.1, 0.15) is 5.52 Å². The average molecular weight is 520 g/mol. The van der Waals surface area contributed by atoms with E-state index in [1.54, 1.807) is 10.9 Å². The van der Waals surface area contributed by atoms with Crippen molar-refractivity contribution in [2.45, 2.75) is 25.8 Å². The summed E-state index contributed by atoms with van der Waals surface area (Å²) in [6.07, 6.45) is 3.45. The number of fused-ring (bicyclic) bond motifs is 3. The molecule has 1 aliphatic heterocycles. The summed E-state index contributed by atoms with van der Waals surface area (Å²) in [4.78, 5) is 17.2. The van der Waals surface area contributed by atoms with Crippen LogP contribution in [0.4, 0.5) is 4.39 Å². The van der Waals surface area contributed by atoms with Crippen LogP contribution in [-0.4, -0.2) is 50.8 Å². The number of benzene rings is 1. The maximum atomic E-state index is 16.1. The Kier molecular flexibility index (Phi) is 6.00. The zero-order valence-electron chi connectivity index (χ0n) is 20.8. The molecule has 0 radical (unpaired) electrons. The van der Waals surface area contributed by atoms with E-state index >= 15 is 4.39 Å². The van der Waals surface area contributed by atoms with E-state index in [0.29, 0.717) is 28.9 Å². The van der Waals surface area contributed by atoms with Gasteiger partial charge in [0.25, 0.3) is 0 Å². The monoisotopic (exact) mass is 519 g/mol. The first-order chi connectivity index (χ1) is 18.0. The van der Waals surface area contributed by atoms with Crippen LogP contribution < -0.4 is 0 Å². The molecule has 1 unspecified atom stereocenters. The standard InChI is InChI=1S/C27H26FN5O3S/c1-15-22(32(2)31-30-15)18-13-19-21(29-14-18)26-24(20(28)25(37-26)27(34)35-3)33(19)23(16-7-5-4-6-8-16)17-9-11-36-12-10-17/h4-8,13-14,17,23H,9-12H2,1-3H3. The number of rotatable bonds is 5. The van der Waals surface area contributed by atoms with Crippen LogP contribution in [0.3, 0.4) is 0 Å². The first kappa shape index (κ1) is 23.7. The predicted octanol–water partition coefficient (Wildman–Crippen LogP) is 5.30. The minimum Gasteiger partial charge on any atom is -0.465 e. The molecule has 0 spiro atoms. The van der Waals surface area contributed by atoms with Gasteiger partial charge in [-0.25, -0.2) is 13.9 Å². The molecular weight excluding hydrogens is 493 g/mol. The molecular formula is C27H26FN5O3S. The molecule has 5 heterocycles. The van der Waals surface area contributed by atoms with Crippen molar-refractivity contribution in [1.82, 2.24) is 24.5 Å². The van der Waals surface area contributed by atoms with Gasteiger partial charge in [-0.15, -0.1) is 16.4 Å². The van der Waals surface area contributed by atoms with Crippen LogP contribution in [0.25, 0.3) is 32.5 Å². The molecule has 4 aromatic heterocycles. The molecule has 190 valence electrons. The molecule has 0 saturated carbocycles. The zero-order chi connectivity index (χ0) is 25.7. The fourth-order valence-corrected chi connectivity index (χ4v) is 6.62. The highest BCUT2D eigenvalue weighted by molar-refractivity contribution is 7.21. The smallest absolute Gasteiger partial charge is 0.351 e. The van der Waals surface area contributed by atoms with Gasteiger partial charge in [0.15, 0.2) is 10.7 Å². The Labute approximate surface area is 216 Å². The molecule has 37 heavy (non-hydrogen) atoms. The Hall–Kier alpha value is -3.63. The van der Waals surface area contributed by atoms with E-state index in [-0.39, 0.29) is 16.8 Å². The molecule has 0 N–H and O–H groups in total. The SMILES string of the molecule is COC(=O)c1sc2c3ncc(-c4c(C)nnn4C)cc3n(C(c3ccccc3)C3CCOCC3)c2c1F. The highest BCUT2D eigenvalue weighted by Crippen LogP contribution is 2.45. The Bertz CT molecular complexity index is 1600. The van der Waals surface area contributed by atoms with Crippen LogP contribution in [0.5, 0.6) is 0 Å². The molecule has 6 rings (SSSR count). The molecule has 1 aromatic carbocycles. The summed E-state index contributed by atoms with van der Waals surface area (Å²) < 4.78 is 31.1. The van der Waals surface area contributed by atoms with Crippen molar-refractivity contribution in [3.63, 3.8) is 0 Å². The second-order valence-electron chi connectivity index (χ2n) is 9.33. The van der Waals surface area contributed by atoms with Gasteiger partial charge >= 0.3 is 5.97 Å². The molecule has 10 heteroatoms. The van der Waals surface area contributed by atoms with Crippen molar-refractivity contribution < 1.29 is 18.7 Å². The quantitative estimate of drug-likeness (QED) is 0.293. The first-order valence-corrected chi connectivity index (χ1v) is 13.0. The van der Waals surface area contributed by atoms with Crippen LogP contribution in [0.1, 0.15) is 39.8 Å². The first-order valence-electron chi connectivity index (χ1n) is 12.2. The fraction of sp³-hybridized carbons (Fsp3) is 0.333. The molecule has 1 aliphatic rings. The van der Waals surface area contributed by atoms with Gasteiger partial charge in [-0.3, -0.25) is 4.98 Å². The zero-order valence-corrected chi connectivity index (χ0v) is 21.6. The fourth-order valence-electron chi connectivity index (χ4n) is 5.52. The summed E-state index contributed by atoms with van der Waals surface area (Å²) in [5, 5.41) is 8.34. The lowest BCUT2D eigenvalue weighted by atomic mass is 9.86. The Balaban J connectivity index is 1.69. The number of pyridine rings is 1. The number of ether oxygens (including phenoxy) is 2. The van der Waals surface area contributed by atoms with Gasteiger partial charge in [0.2, 0.25) is 0 Å². The minimum atomic E-state index is -0.686. The van der Waals surface area contributed by atoms with Crippen LogP contribution in [0.15, 0.2) is 42.6 Å². The van der Waals surface area contributed by atoms with Gasteiger partial charge in [-0.2, -0.15) is 0 Å². The second-order valence-corrected chi connectivity index (χ2v) is 10.3.